The van der Waals surface area contributed by atoms with Crippen molar-refractivity contribution in [1.82, 2.24) is 9.55 Å². The van der Waals surface area contributed by atoms with E-state index in [0.717, 1.165) is 5.82 Å². The Bertz CT molecular complexity index is 489. The predicted molar refractivity (Wildman–Crippen MR) is 92.1 cm³/mol. The molecule has 0 bridgehead atoms. The summed E-state index contributed by atoms with van der Waals surface area (Å²) in [6.07, 6.45) is 7.87. The summed E-state index contributed by atoms with van der Waals surface area (Å²) < 4.78 is 2.35. The van der Waals surface area contributed by atoms with Gasteiger partial charge < -0.3 is 10.3 Å². The molecule has 2 aliphatic rings. The van der Waals surface area contributed by atoms with Crippen molar-refractivity contribution < 1.29 is 0 Å². The minimum absolute atomic E-state index is 0.0217. The molecule has 2 N–H and O–H groups in total. The van der Waals surface area contributed by atoms with Crippen LogP contribution in [0.5, 0.6) is 0 Å². The van der Waals surface area contributed by atoms with Crippen molar-refractivity contribution in [2.75, 3.05) is 17.2 Å². The molecule has 0 spiro atoms. The number of anilines is 1. The molecule has 1 atom stereocenters. The molecule has 3 rings (SSSR count). The second-order valence-corrected chi connectivity index (χ2v) is 8.79. The number of imidazole rings is 1. The number of hydrogen-bond donors (Lipinski definition) is 1. The van der Waals surface area contributed by atoms with Gasteiger partial charge >= 0.3 is 0 Å². The molecule has 0 amide bonds. The molecule has 1 aliphatic heterocycles. The van der Waals surface area contributed by atoms with Crippen molar-refractivity contribution in [3.8, 4) is 0 Å². The molecule has 21 heavy (non-hydrogen) atoms. The molecule has 0 aromatic carbocycles. The van der Waals surface area contributed by atoms with E-state index in [1.54, 1.807) is 0 Å². The third-order valence-electron chi connectivity index (χ3n) is 4.92. The second kappa shape index (κ2) is 5.86. The monoisotopic (exact) mass is 307 g/mol. The zero-order valence-electron chi connectivity index (χ0n) is 13.7. The number of aromatic nitrogens is 2. The van der Waals surface area contributed by atoms with Gasteiger partial charge in [0.2, 0.25) is 0 Å². The van der Waals surface area contributed by atoms with Crippen LogP contribution >= 0.6 is 11.8 Å². The first-order valence-corrected chi connectivity index (χ1v) is 9.60. The number of thioether (sulfide) groups is 1. The van der Waals surface area contributed by atoms with E-state index in [2.05, 4.69) is 25.3 Å². The molecule has 0 radical (unpaired) electrons. The number of hydrogen-bond acceptors (Lipinski definition) is 3. The third kappa shape index (κ3) is 2.96. The van der Waals surface area contributed by atoms with Crippen molar-refractivity contribution >= 4 is 17.6 Å². The van der Waals surface area contributed by atoms with E-state index >= 15 is 0 Å². The highest BCUT2D eigenvalue weighted by Gasteiger charge is 2.32. The van der Waals surface area contributed by atoms with Gasteiger partial charge in [-0.05, 0) is 45.8 Å². The van der Waals surface area contributed by atoms with Crippen LogP contribution in [0.1, 0.15) is 82.7 Å². The van der Waals surface area contributed by atoms with Crippen LogP contribution in [0.15, 0.2) is 0 Å². The molecule has 1 saturated carbocycles. The summed E-state index contributed by atoms with van der Waals surface area (Å²) in [6.45, 7) is 6.76. The fourth-order valence-electron chi connectivity index (χ4n) is 3.86. The predicted octanol–water partition coefficient (Wildman–Crippen LogP) is 4.49. The summed E-state index contributed by atoms with van der Waals surface area (Å²) in [7, 11) is 0. The van der Waals surface area contributed by atoms with Crippen molar-refractivity contribution in [2.45, 2.75) is 76.7 Å². The van der Waals surface area contributed by atoms with Crippen molar-refractivity contribution in [1.29, 1.82) is 0 Å². The Balaban J connectivity index is 2.02. The summed E-state index contributed by atoms with van der Waals surface area (Å²) >= 11 is 2.04. The smallest absolute Gasteiger partial charge is 0.127 e. The molecular weight excluding hydrogens is 278 g/mol. The number of nitrogens with zero attached hydrogens (tertiary/aromatic N) is 2. The summed E-state index contributed by atoms with van der Waals surface area (Å²) in [6, 6.07) is 0. The fourth-order valence-corrected chi connectivity index (χ4v) is 5.09. The van der Waals surface area contributed by atoms with Gasteiger partial charge in [-0.2, -0.15) is 11.8 Å². The van der Waals surface area contributed by atoms with Gasteiger partial charge in [-0.1, -0.05) is 19.3 Å². The number of nitrogens with two attached hydrogens (primary N) is 1. The van der Waals surface area contributed by atoms with Gasteiger partial charge in [0.1, 0.15) is 11.6 Å². The summed E-state index contributed by atoms with van der Waals surface area (Å²) in [4.78, 5) is 5.11. The van der Waals surface area contributed by atoms with Crippen LogP contribution in [0.2, 0.25) is 0 Å². The first kappa shape index (κ1) is 15.3. The first-order chi connectivity index (χ1) is 9.98. The number of rotatable bonds is 2. The maximum Gasteiger partial charge on any atom is 0.127 e. The van der Waals surface area contributed by atoms with E-state index in [1.807, 2.05) is 11.8 Å². The van der Waals surface area contributed by atoms with Crippen LogP contribution < -0.4 is 5.73 Å². The standard InChI is InChI=1S/C17H29N3S/c1-17(2,3)20-15(18)14(13-9-10-21-11-13)19-16(20)12-7-5-4-6-8-12/h12-13H,4-11,18H2,1-3H3. The normalized spacial score (nSPS) is 24.6. The Morgan fingerprint density at radius 3 is 2.38 bits per heavy atom. The SMILES string of the molecule is CC(C)(C)n1c(C2CCCCC2)nc(C2CCSC2)c1N. The zero-order chi connectivity index (χ0) is 15.0. The summed E-state index contributed by atoms with van der Waals surface area (Å²) in [5.41, 5.74) is 7.78. The molecular formula is C17H29N3S. The van der Waals surface area contributed by atoms with Gasteiger partial charge in [-0.15, -0.1) is 0 Å². The summed E-state index contributed by atoms with van der Waals surface area (Å²) in [5, 5.41) is 0. The van der Waals surface area contributed by atoms with E-state index < -0.39 is 0 Å². The quantitative estimate of drug-likeness (QED) is 0.875. The van der Waals surface area contributed by atoms with Crippen LogP contribution in [0, 0.1) is 0 Å². The highest BCUT2D eigenvalue weighted by atomic mass is 32.2. The molecule has 1 unspecified atom stereocenters. The minimum atomic E-state index is 0.0217. The van der Waals surface area contributed by atoms with Gasteiger partial charge in [0.05, 0.1) is 5.69 Å². The number of nitrogen functional groups attached to an aromatic ring is 1. The van der Waals surface area contributed by atoms with Gasteiger partial charge in [0.25, 0.3) is 0 Å². The Labute approximate surface area is 133 Å². The lowest BCUT2D eigenvalue weighted by Crippen LogP contribution is -2.27. The van der Waals surface area contributed by atoms with Crippen molar-refractivity contribution in [3.63, 3.8) is 0 Å². The molecule has 1 aromatic rings. The Hall–Kier alpha value is -0.640. The van der Waals surface area contributed by atoms with Crippen LogP contribution in [0.25, 0.3) is 0 Å². The lowest BCUT2D eigenvalue weighted by atomic mass is 9.88. The van der Waals surface area contributed by atoms with Crippen LogP contribution in [-0.2, 0) is 5.54 Å². The van der Waals surface area contributed by atoms with Gasteiger partial charge in [-0.25, -0.2) is 4.98 Å². The van der Waals surface area contributed by atoms with E-state index in [9.17, 15) is 0 Å². The molecule has 1 aliphatic carbocycles. The van der Waals surface area contributed by atoms with E-state index in [1.165, 1.54) is 61.5 Å². The fraction of sp³-hybridized carbons (Fsp3) is 0.824. The average Bonchev–Trinajstić information content (AvgIpc) is 3.06. The highest BCUT2D eigenvalue weighted by molar-refractivity contribution is 7.99. The molecule has 4 heteroatoms. The lowest BCUT2D eigenvalue weighted by Gasteiger charge is -2.29. The van der Waals surface area contributed by atoms with Crippen LogP contribution in [-0.4, -0.2) is 21.1 Å². The average molecular weight is 308 g/mol. The Morgan fingerprint density at radius 2 is 1.81 bits per heavy atom. The van der Waals surface area contributed by atoms with Gasteiger partial charge in [-0.3, -0.25) is 0 Å². The first-order valence-electron chi connectivity index (χ1n) is 8.44. The van der Waals surface area contributed by atoms with Crippen LogP contribution in [0.4, 0.5) is 5.82 Å². The van der Waals surface area contributed by atoms with Gasteiger partial charge in [0, 0.05) is 23.1 Å². The van der Waals surface area contributed by atoms with E-state index in [-0.39, 0.29) is 5.54 Å². The van der Waals surface area contributed by atoms with Crippen LogP contribution in [0.3, 0.4) is 0 Å². The largest absolute Gasteiger partial charge is 0.384 e. The van der Waals surface area contributed by atoms with Crippen molar-refractivity contribution in [3.05, 3.63) is 11.5 Å². The molecule has 1 aromatic heterocycles. The Kier molecular flexibility index (Phi) is 4.26. The molecule has 1 saturated heterocycles. The second-order valence-electron chi connectivity index (χ2n) is 7.64. The topological polar surface area (TPSA) is 43.8 Å². The maximum atomic E-state index is 6.57. The lowest BCUT2D eigenvalue weighted by molar-refractivity contribution is 0.349. The molecule has 3 nitrogen and oxygen atoms in total. The molecule has 2 heterocycles. The van der Waals surface area contributed by atoms with Crippen molar-refractivity contribution in [2.24, 2.45) is 0 Å². The van der Waals surface area contributed by atoms with E-state index in [4.69, 9.17) is 10.7 Å². The molecule has 118 valence electrons. The zero-order valence-corrected chi connectivity index (χ0v) is 14.5. The Morgan fingerprint density at radius 1 is 1.10 bits per heavy atom. The highest BCUT2D eigenvalue weighted by Crippen LogP contribution is 2.41. The summed E-state index contributed by atoms with van der Waals surface area (Å²) in [5.74, 6) is 5.84. The maximum absolute atomic E-state index is 6.57. The van der Waals surface area contributed by atoms with E-state index in [0.29, 0.717) is 11.8 Å². The third-order valence-corrected chi connectivity index (χ3v) is 6.09. The van der Waals surface area contributed by atoms with Gasteiger partial charge in [0.15, 0.2) is 0 Å². The molecule has 2 fully saturated rings. The minimum Gasteiger partial charge on any atom is -0.384 e.